The fourth-order valence-corrected chi connectivity index (χ4v) is 3.48. The lowest BCUT2D eigenvalue weighted by Crippen LogP contribution is -2.42. The SMILES string of the molecule is Cc1ccc(NC(=O)N(CCNC(=O)Nc2c(C)cccc2C)c2cccc(C(F)(F)F)c2)cc1. The van der Waals surface area contributed by atoms with E-state index < -0.39 is 23.8 Å². The molecule has 3 N–H and O–H groups in total. The number of nitrogens with one attached hydrogen (secondary N) is 3. The summed E-state index contributed by atoms with van der Waals surface area (Å²) in [6.45, 7) is 5.59. The number of anilines is 3. The fourth-order valence-electron chi connectivity index (χ4n) is 3.48. The van der Waals surface area contributed by atoms with Crippen LogP contribution < -0.4 is 20.9 Å². The van der Waals surface area contributed by atoms with Crippen molar-refractivity contribution in [1.82, 2.24) is 5.32 Å². The molecule has 0 aromatic heterocycles. The van der Waals surface area contributed by atoms with E-state index in [0.29, 0.717) is 11.4 Å². The van der Waals surface area contributed by atoms with Gasteiger partial charge in [0.15, 0.2) is 0 Å². The Labute approximate surface area is 202 Å². The van der Waals surface area contributed by atoms with Crippen molar-refractivity contribution in [2.45, 2.75) is 26.9 Å². The van der Waals surface area contributed by atoms with Gasteiger partial charge in [-0.25, -0.2) is 9.59 Å². The molecule has 184 valence electrons. The number of urea groups is 2. The molecule has 0 saturated carbocycles. The number of carbonyl (C=O) groups excluding carboxylic acids is 2. The zero-order valence-electron chi connectivity index (χ0n) is 19.7. The summed E-state index contributed by atoms with van der Waals surface area (Å²) >= 11 is 0. The highest BCUT2D eigenvalue weighted by atomic mass is 19.4. The summed E-state index contributed by atoms with van der Waals surface area (Å²) < 4.78 is 39.8. The van der Waals surface area contributed by atoms with Crippen molar-refractivity contribution in [2.24, 2.45) is 0 Å². The van der Waals surface area contributed by atoms with Crippen LogP contribution in [0.1, 0.15) is 22.3 Å². The number of hydrogen-bond acceptors (Lipinski definition) is 2. The van der Waals surface area contributed by atoms with Gasteiger partial charge in [-0.3, -0.25) is 4.90 Å². The summed E-state index contributed by atoms with van der Waals surface area (Å²) in [5.74, 6) is 0. The first kappa shape index (κ1) is 25.6. The molecule has 3 aromatic carbocycles. The average Bonchev–Trinajstić information content (AvgIpc) is 2.80. The van der Waals surface area contributed by atoms with Gasteiger partial charge in [-0.1, -0.05) is 42.0 Å². The monoisotopic (exact) mass is 484 g/mol. The molecule has 3 aromatic rings. The number of carbonyl (C=O) groups is 2. The normalized spacial score (nSPS) is 11.0. The minimum absolute atomic E-state index is 0.00826. The minimum atomic E-state index is -4.56. The maximum Gasteiger partial charge on any atom is 0.416 e. The van der Waals surface area contributed by atoms with Crippen molar-refractivity contribution in [1.29, 1.82) is 0 Å². The largest absolute Gasteiger partial charge is 0.416 e. The van der Waals surface area contributed by atoms with E-state index in [1.165, 1.54) is 12.1 Å². The van der Waals surface area contributed by atoms with E-state index in [1.54, 1.807) is 12.1 Å². The number of benzene rings is 3. The first-order valence-corrected chi connectivity index (χ1v) is 11.0. The topological polar surface area (TPSA) is 73.5 Å². The summed E-state index contributed by atoms with van der Waals surface area (Å²) in [6, 6.07) is 16.0. The molecule has 0 aliphatic rings. The second-order valence-electron chi connectivity index (χ2n) is 8.14. The summed E-state index contributed by atoms with van der Waals surface area (Å²) in [5.41, 5.74) is 3.14. The van der Waals surface area contributed by atoms with E-state index in [2.05, 4.69) is 16.0 Å². The van der Waals surface area contributed by atoms with E-state index in [9.17, 15) is 22.8 Å². The number of halogens is 3. The molecule has 4 amide bonds. The number of hydrogen-bond donors (Lipinski definition) is 3. The van der Waals surface area contributed by atoms with Crippen molar-refractivity contribution in [3.8, 4) is 0 Å². The molecule has 0 radical (unpaired) electrons. The van der Waals surface area contributed by atoms with Gasteiger partial charge in [0.05, 0.1) is 5.56 Å². The quantitative estimate of drug-likeness (QED) is 0.374. The maximum atomic E-state index is 13.3. The zero-order valence-corrected chi connectivity index (χ0v) is 19.7. The minimum Gasteiger partial charge on any atom is -0.336 e. The van der Waals surface area contributed by atoms with Crippen molar-refractivity contribution in [2.75, 3.05) is 28.6 Å². The van der Waals surface area contributed by atoms with Crippen LogP contribution in [-0.4, -0.2) is 25.2 Å². The molecular formula is C26H27F3N4O2. The van der Waals surface area contributed by atoms with Gasteiger partial charge in [0.25, 0.3) is 0 Å². The van der Waals surface area contributed by atoms with E-state index in [1.807, 2.05) is 51.1 Å². The molecule has 0 aliphatic carbocycles. The van der Waals surface area contributed by atoms with Gasteiger partial charge < -0.3 is 16.0 Å². The molecule has 0 bridgehead atoms. The molecule has 0 spiro atoms. The Morgan fingerprint density at radius 3 is 2.11 bits per heavy atom. The van der Waals surface area contributed by atoms with Crippen molar-refractivity contribution >= 4 is 29.1 Å². The Morgan fingerprint density at radius 1 is 0.857 bits per heavy atom. The lowest BCUT2D eigenvalue weighted by molar-refractivity contribution is -0.137. The van der Waals surface area contributed by atoms with Gasteiger partial charge in [0.2, 0.25) is 0 Å². The number of rotatable bonds is 6. The van der Waals surface area contributed by atoms with E-state index in [4.69, 9.17) is 0 Å². The molecule has 0 aliphatic heterocycles. The second-order valence-corrected chi connectivity index (χ2v) is 8.14. The molecule has 0 unspecified atom stereocenters. The van der Waals surface area contributed by atoms with Crippen LogP contribution in [0.4, 0.5) is 39.8 Å². The Kier molecular flexibility index (Phi) is 8.01. The second kappa shape index (κ2) is 10.9. The van der Waals surface area contributed by atoms with Crippen molar-refractivity contribution in [3.63, 3.8) is 0 Å². The van der Waals surface area contributed by atoms with Gasteiger partial charge in [0, 0.05) is 30.2 Å². The molecule has 0 saturated heterocycles. The first-order valence-electron chi connectivity index (χ1n) is 11.0. The Balaban J connectivity index is 1.74. The van der Waals surface area contributed by atoms with Gasteiger partial charge in [-0.15, -0.1) is 0 Å². The Hall–Kier alpha value is -4.01. The van der Waals surface area contributed by atoms with Crippen LogP contribution in [0.5, 0.6) is 0 Å². The van der Waals surface area contributed by atoms with Crippen LogP contribution in [0.15, 0.2) is 66.7 Å². The molecule has 35 heavy (non-hydrogen) atoms. The van der Waals surface area contributed by atoms with Crippen LogP contribution in [0.3, 0.4) is 0 Å². The summed E-state index contributed by atoms with van der Waals surface area (Å²) in [4.78, 5) is 26.6. The molecule has 0 heterocycles. The van der Waals surface area contributed by atoms with E-state index in [-0.39, 0.29) is 18.8 Å². The van der Waals surface area contributed by atoms with Gasteiger partial charge >= 0.3 is 18.2 Å². The average molecular weight is 485 g/mol. The smallest absolute Gasteiger partial charge is 0.336 e. The van der Waals surface area contributed by atoms with Gasteiger partial charge in [-0.05, 0) is 62.2 Å². The molecule has 3 rings (SSSR count). The lowest BCUT2D eigenvalue weighted by Gasteiger charge is -2.24. The Morgan fingerprint density at radius 2 is 1.49 bits per heavy atom. The zero-order chi connectivity index (χ0) is 25.6. The number of aryl methyl sites for hydroxylation is 3. The molecule has 0 fully saturated rings. The summed E-state index contributed by atoms with van der Waals surface area (Å²) in [5, 5.41) is 8.14. The molecular weight excluding hydrogens is 457 g/mol. The third-order valence-electron chi connectivity index (χ3n) is 5.37. The highest BCUT2D eigenvalue weighted by Gasteiger charge is 2.31. The molecule has 0 atom stereocenters. The Bertz CT molecular complexity index is 1170. The van der Waals surface area contributed by atoms with Crippen LogP contribution in [-0.2, 0) is 6.18 Å². The van der Waals surface area contributed by atoms with Crippen LogP contribution in [0.25, 0.3) is 0 Å². The van der Waals surface area contributed by atoms with Crippen molar-refractivity contribution in [3.05, 3.63) is 89.0 Å². The number of nitrogens with zero attached hydrogens (tertiary/aromatic N) is 1. The molecule has 9 heteroatoms. The number of para-hydroxylation sites is 1. The molecule has 6 nitrogen and oxygen atoms in total. The lowest BCUT2D eigenvalue weighted by atomic mass is 10.1. The number of alkyl halides is 3. The standard InChI is InChI=1S/C26H27F3N4O2/c1-17-10-12-21(13-11-17)31-25(35)33(22-9-5-8-20(16-22)26(27,28)29)15-14-30-24(34)32-23-18(2)6-4-7-19(23)3/h4-13,16H,14-15H2,1-3H3,(H,31,35)(H2,30,32,34). The summed E-state index contributed by atoms with van der Waals surface area (Å²) in [6.07, 6.45) is -4.56. The highest BCUT2D eigenvalue weighted by Crippen LogP contribution is 2.31. The van der Waals surface area contributed by atoms with Crippen molar-refractivity contribution < 1.29 is 22.8 Å². The van der Waals surface area contributed by atoms with Crippen LogP contribution in [0, 0.1) is 20.8 Å². The van der Waals surface area contributed by atoms with E-state index >= 15 is 0 Å². The third-order valence-corrected chi connectivity index (χ3v) is 5.37. The van der Waals surface area contributed by atoms with Gasteiger partial charge in [0.1, 0.15) is 0 Å². The van der Waals surface area contributed by atoms with Crippen LogP contribution >= 0.6 is 0 Å². The highest BCUT2D eigenvalue weighted by molar-refractivity contribution is 6.02. The summed E-state index contributed by atoms with van der Waals surface area (Å²) in [7, 11) is 0. The first-order chi connectivity index (χ1) is 16.5. The predicted molar refractivity (Wildman–Crippen MR) is 132 cm³/mol. The third kappa shape index (κ3) is 6.99. The maximum absolute atomic E-state index is 13.3. The fraction of sp³-hybridized carbons (Fsp3) is 0.231. The van der Waals surface area contributed by atoms with Gasteiger partial charge in [-0.2, -0.15) is 13.2 Å². The van der Waals surface area contributed by atoms with E-state index in [0.717, 1.165) is 33.7 Å². The van der Waals surface area contributed by atoms with Crippen LogP contribution in [0.2, 0.25) is 0 Å². The number of amides is 4. The predicted octanol–water partition coefficient (Wildman–Crippen LogP) is 6.49.